The molecular formula is C19H10FN5. The van der Waals surface area contributed by atoms with Crippen LogP contribution < -0.4 is 5.73 Å². The highest BCUT2D eigenvalue weighted by atomic mass is 19.1. The molecule has 2 aromatic heterocycles. The molecule has 0 atom stereocenters. The summed E-state index contributed by atoms with van der Waals surface area (Å²) >= 11 is 0. The first kappa shape index (κ1) is 14.7. The molecule has 0 aliphatic rings. The molecule has 0 spiro atoms. The fourth-order valence-electron chi connectivity index (χ4n) is 3.04. The molecule has 0 radical (unpaired) electrons. The summed E-state index contributed by atoms with van der Waals surface area (Å²) in [5.41, 5.74) is 9.31. The molecule has 0 aliphatic heterocycles. The number of nitriles is 2. The van der Waals surface area contributed by atoms with Crippen LogP contribution in [0.15, 0.2) is 48.5 Å². The van der Waals surface area contributed by atoms with Gasteiger partial charge in [0.1, 0.15) is 34.9 Å². The number of nitrogens with zero attached hydrogens (tertiary/aromatic N) is 4. The number of hydrogen-bond acceptors (Lipinski definition) is 4. The second-order valence-corrected chi connectivity index (χ2v) is 5.50. The average Bonchev–Trinajstić information content (AvgIpc) is 3.02. The Morgan fingerprint density at radius 3 is 2.32 bits per heavy atom. The van der Waals surface area contributed by atoms with Gasteiger partial charge in [-0.3, -0.25) is 4.40 Å². The molecule has 0 aliphatic carbocycles. The Labute approximate surface area is 142 Å². The maximum atomic E-state index is 13.3. The number of fused-ring (bicyclic) bond motifs is 3. The third-order valence-electron chi connectivity index (χ3n) is 4.14. The number of aromatic nitrogens is 2. The van der Waals surface area contributed by atoms with Crippen molar-refractivity contribution in [2.75, 3.05) is 5.73 Å². The number of rotatable bonds is 1. The molecule has 4 aromatic rings. The van der Waals surface area contributed by atoms with Gasteiger partial charge < -0.3 is 5.73 Å². The first-order chi connectivity index (χ1) is 12.2. The lowest BCUT2D eigenvalue weighted by Crippen LogP contribution is -2.05. The summed E-state index contributed by atoms with van der Waals surface area (Å²) in [6, 6.07) is 17.1. The third-order valence-corrected chi connectivity index (χ3v) is 4.14. The van der Waals surface area contributed by atoms with Crippen molar-refractivity contribution in [2.45, 2.75) is 0 Å². The molecular weight excluding hydrogens is 317 g/mol. The summed E-state index contributed by atoms with van der Waals surface area (Å²) in [6.07, 6.45) is 0. The van der Waals surface area contributed by atoms with Gasteiger partial charge in [0.25, 0.3) is 0 Å². The minimum absolute atomic E-state index is 0.166. The van der Waals surface area contributed by atoms with Crippen LogP contribution in [0.4, 0.5) is 10.2 Å². The number of anilines is 1. The van der Waals surface area contributed by atoms with Crippen LogP contribution in [-0.2, 0) is 0 Å². The molecule has 2 N–H and O–H groups in total. The molecule has 2 aromatic carbocycles. The molecule has 4 rings (SSSR count). The number of hydrogen-bond donors (Lipinski definition) is 1. The molecule has 6 heteroatoms. The lowest BCUT2D eigenvalue weighted by Gasteiger charge is -2.12. The van der Waals surface area contributed by atoms with Gasteiger partial charge in [-0.15, -0.1) is 0 Å². The Balaban J connectivity index is 2.24. The van der Waals surface area contributed by atoms with Crippen LogP contribution in [0.3, 0.4) is 0 Å². The first-order valence-electron chi connectivity index (χ1n) is 7.44. The van der Waals surface area contributed by atoms with Crippen molar-refractivity contribution in [1.82, 2.24) is 9.38 Å². The van der Waals surface area contributed by atoms with Crippen LogP contribution in [0.25, 0.3) is 27.8 Å². The predicted octanol–water partition coefficient (Wildman–Crippen LogP) is 3.62. The van der Waals surface area contributed by atoms with Crippen LogP contribution in [-0.4, -0.2) is 9.38 Å². The van der Waals surface area contributed by atoms with Crippen molar-refractivity contribution in [3.05, 3.63) is 65.5 Å². The van der Waals surface area contributed by atoms with E-state index < -0.39 is 5.82 Å². The highest BCUT2D eigenvalue weighted by molar-refractivity contribution is 5.92. The standard InChI is InChI=1S/C19H10FN5/c20-12-7-5-11(6-8-12)17-13(9-21)18(23)25-16-4-2-1-3-15(16)24-19(25)14(17)10-22/h1-8H,23H2. The molecule has 0 saturated carbocycles. The molecule has 0 unspecified atom stereocenters. The summed E-state index contributed by atoms with van der Waals surface area (Å²) in [6.45, 7) is 0. The van der Waals surface area contributed by atoms with Gasteiger partial charge >= 0.3 is 0 Å². The van der Waals surface area contributed by atoms with Crippen molar-refractivity contribution in [3.63, 3.8) is 0 Å². The van der Waals surface area contributed by atoms with Crippen molar-refractivity contribution >= 4 is 22.5 Å². The van der Waals surface area contributed by atoms with Crippen LogP contribution in [0.2, 0.25) is 0 Å². The summed E-state index contributed by atoms with van der Waals surface area (Å²) in [5, 5.41) is 19.4. The van der Waals surface area contributed by atoms with E-state index in [1.807, 2.05) is 24.3 Å². The summed E-state index contributed by atoms with van der Waals surface area (Å²) in [4.78, 5) is 4.50. The zero-order valence-electron chi connectivity index (χ0n) is 12.9. The fraction of sp³-hybridized carbons (Fsp3) is 0. The van der Waals surface area contributed by atoms with Gasteiger partial charge in [-0.1, -0.05) is 24.3 Å². The minimum atomic E-state index is -0.402. The van der Waals surface area contributed by atoms with Crippen LogP contribution in [0.5, 0.6) is 0 Å². The predicted molar refractivity (Wildman–Crippen MR) is 91.9 cm³/mol. The summed E-state index contributed by atoms with van der Waals surface area (Å²) in [7, 11) is 0. The number of halogens is 1. The minimum Gasteiger partial charge on any atom is -0.384 e. The highest BCUT2D eigenvalue weighted by Crippen LogP contribution is 2.35. The maximum absolute atomic E-state index is 13.3. The molecule has 2 heterocycles. The van der Waals surface area contributed by atoms with Crippen LogP contribution in [0, 0.1) is 28.5 Å². The monoisotopic (exact) mass is 327 g/mol. The largest absolute Gasteiger partial charge is 0.384 e. The molecule has 0 amide bonds. The first-order valence-corrected chi connectivity index (χ1v) is 7.44. The lowest BCUT2D eigenvalue weighted by atomic mass is 9.96. The topological polar surface area (TPSA) is 90.9 Å². The van der Waals surface area contributed by atoms with E-state index in [-0.39, 0.29) is 16.9 Å². The zero-order chi connectivity index (χ0) is 17.6. The summed E-state index contributed by atoms with van der Waals surface area (Å²) < 4.78 is 14.9. The van der Waals surface area contributed by atoms with Gasteiger partial charge in [-0.05, 0) is 29.8 Å². The smallest absolute Gasteiger partial charge is 0.158 e. The number of benzene rings is 2. The Morgan fingerprint density at radius 2 is 1.64 bits per heavy atom. The quantitative estimate of drug-likeness (QED) is 0.578. The molecule has 5 nitrogen and oxygen atoms in total. The van der Waals surface area contributed by atoms with Crippen LogP contribution >= 0.6 is 0 Å². The maximum Gasteiger partial charge on any atom is 0.158 e. The van der Waals surface area contributed by atoms with Gasteiger partial charge in [0.2, 0.25) is 0 Å². The third kappa shape index (κ3) is 2.02. The second-order valence-electron chi connectivity index (χ2n) is 5.50. The number of imidazole rings is 1. The number of nitrogen functional groups attached to an aromatic ring is 1. The van der Waals surface area contributed by atoms with Crippen molar-refractivity contribution in [2.24, 2.45) is 0 Å². The SMILES string of the molecule is N#Cc1c(-c2ccc(F)cc2)c(C#N)c2nc3ccccc3n2c1N. The molecule has 0 fully saturated rings. The Morgan fingerprint density at radius 1 is 0.960 bits per heavy atom. The molecule has 0 saturated heterocycles. The number of para-hydroxylation sites is 2. The molecule has 25 heavy (non-hydrogen) atoms. The van der Waals surface area contributed by atoms with E-state index in [2.05, 4.69) is 17.1 Å². The Bertz CT molecular complexity index is 1220. The van der Waals surface area contributed by atoms with E-state index in [1.165, 1.54) is 24.3 Å². The molecule has 0 bridgehead atoms. The van der Waals surface area contributed by atoms with Gasteiger partial charge in [0, 0.05) is 5.56 Å². The van der Waals surface area contributed by atoms with Crippen molar-refractivity contribution in [1.29, 1.82) is 10.5 Å². The number of pyridine rings is 1. The van der Waals surface area contributed by atoms with E-state index in [1.54, 1.807) is 4.40 Å². The van der Waals surface area contributed by atoms with Crippen molar-refractivity contribution in [3.8, 4) is 23.3 Å². The molecule has 118 valence electrons. The van der Waals surface area contributed by atoms with E-state index in [0.717, 1.165) is 0 Å². The van der Waals surface area contributed by atoms with E-state index >= 15 is 0 Å². The van der Waals surface area contributed by atoms with Gasteiger partial charge in [-0.25, -0.2) is 9.37 Å². The van der Waals surface area contributed by atoms with Gasteiger partial charge in [0.05, 0.1) is 11.0 Å². The lowest BCUT2D eigenvalue weighted by molar-refractivity contribution is 0.628. The van der Waals surface area contributed by atoms with Crippen molar-refractivity contribution < 1.29 is 4.39 Å². The second kappa shape index (κ2) is 5.33. The Hall–Kier alpha value is -3.90. The van der Waals surface area contributed by atoms with E-state index in [4.69, 9.17) is 5.73 Å². The number of nitrogens with two attached hydrogens (primary N) is 1. The van der Waals surface area contributed by atoms with Gasteiger partial charge in [0.15, 0.2) is 5.65 Å². The Kier molecular flexibility index (Phi) is 3.13. The summed E-state index contributed by atoms with van der Waals surface area (Å²) in [5.74, 6) is -0.203. The van der Waals surface area contributed by atoms with Crippen LogP contribution in [0.1, 0.15) is 11.1 Å². The van der Waals surface area contributed by atoms with E-state index in [9.17, 15) is 14.9 Å². The average molecular weight is 327 g/mol. The highest BCUT2D eigenvalue weighted by Gasteiger charge is 2.22. The van der Waals surface area contributed by atoms with Gasteiger partial charge in [-0.2, -0.15) is 10.5 Å². The zero-order valence-corrected chi connectivity index (χ0v) is 12.9. The fourth-order valence-corrected chi connectivity index (χ4v) is 3.04. The van der Waals surface area contributed by atoms with E-state index in [0.29, 0.717) is 27.8 Å². The normalized spacial score (nSPS) is 10.7.